The van der Waals surface area contributed by atoms with Crippen molar-refractivity contribution < 1.29 is 55.5 Å². The fourth-order valence-corrected chi connectivity index (χ4v) is 9.78. The van der Waals surface area contributed by atoms with Gasteiger partial charge in [0, 0.05) is 61.8 Å². The second kappa shape index (κ2) is 24.9. The molecule has 0 atom stereocenters. The zero-order chi connectivity index (χ0) is 58.5. The summed E-state index contributed by atoms with van der Waals surface area (Å²) in [7, 11) is 2.56. The number of carbonyl (C=O) groups is 2. The minimum absolute atomic E-state index is 0.0683. The van der Waals surface area contributed by atoms with Crippen LogP contribution in [0.1, 0.15) is 99.1 Å². The molecule has 16 nitrogen and oxygen atoms in total. The zero-order valence-electron chi connectivity index (χ0n) is 46.6. The number of carbonyl (C=O) groups excluding carboxylic acids is 2. The number of Topliss-reactive ketones (excluding diaryl/α,β-unsaturated/α-hetero) is 2. The van der Waals surface area contributed by atoms with E-state index >= 15 is 4.39 Å². The van der Waals surface area contributed by atoms with E-state index in [0.717, 1.165) is 62.4 Å². The maximum atomic E-state index is 15.1. The van der Waals surface area contributed by atoms with Crippen LogP contribution in [-0.4, -0.2) is 92.6 Å². The molecule has 0 aliphatic carbocycles. The summed E-state index contributed by atoms with van der Waals surface area (Å²) in [6.07, 6.45) is 5.83. The molecule has 0 radical (unpaired) electrons. The maximum Gasteiger partial charge on any atom is 0.494 e. The minimum atomic E-state index is -0.644. The molecule has 3 aliphatic heterocycles. The second-order valence-corrected chi connectivity index (χ2v) is 21.3. The lowest BCUT2D eigenvalue weighted by atomic mass is 9.78. The second-order valence-electron chi connectivity index (χ2n) is 20.9. The number of nitriles is 2. The van der Waals surface area contributed by atoms with Crippen LogP contribution in [0.5, 0.6) is 11.5 Å². The van der Waals surface area contributed by atoms with E-state index in [1.165, 1.54) is 28.1 Å². The van der Waals surface area contributed by atoms with Gasteiger partial charge in [0.25, 0.3) is 0 Å². The Morgan fingerprint density at radius 3 is 1.60 bits per heavy atom. The Kier molecular flexibility index (Phi) is 17.8. The monoisotopic (exact) mass is 1130 g/mol. The third-order valence-electron chi connectivity index (χ3n) is 15.0. The fourth-order valence-electron chi connectivity index (χ4n) is 9.59. The number of hydrogen-bond donors (Lipinski definition) is 2. The van der Waals surface area contributed by atoms with Crippen molar-refractivity contribution in [2.24, 2.45) is 0 Å². The molecule has 0 spiro atoms. The molecule has 0 amide bonds. The molecule has 3 saturated heterocycles. The van der Waals surface area contributed by atoms with E-state index in [9.17, 15) is 24.5 Å². The third-order valence-corrected chi connectivity index (χ3v) is 15.3. The molecule has 0 bridgehead atoms. The zero-order valence-corrected chi connectivity index (χ0v) is 47.4. The molecule has 4 aromatic heterocycles. The van der Waals surface area contributed by atoms with Crippen molar-refractivity contribution in [2.75, 3.05) is 51.3 Å². The molecule has 4 aromatic carbocycles. The normalized spacial score (nSPS) is 15.8. The van der Waals surface area contributed by atoms with E-state index in [1.54, 1.807) is 66.7 Å². The van der Waals surface area contributed by atoms with Gasteiger partial charge in [0.2, 0.25) is 0 Å². The Morgan fingerprint density at radius 2 is 1.11 bits per heavy atom. The Hall–Kier alpha value is -8.17. The van der Waals surface area contributed by atoms with Crippen molar-refractivity contribution in [2.45, 2.75) is 90.5 Å². The number of rotatable bonds is 12. The molecule has 3 aliphatic rings. The number of ketones is 2. The van der Waals surface area contributed by atoms with E-state index in [4.69, 9.17) is 48.7 Å². The lowest BCUT2D eigenvalue weighted by Crippen LogP contribution is -2.41. The molecule has 422 valence electrons. The predicted octanol–water partition coefficient (Wildman–Crippen LogP) is 12.9. The third kappa shape index (κ3) is 12.6. The highest BCUT2D eigenvalue weighted by atomic mass is 35.5. The Balaban J connectivity index is 0.000000155. The van der Waals surface area contributed by atoms with Crippen molar-refractivity contribution in [3.05, 3.63) is 136 Å². The largest absolute Gasteiger partial charge is 0.496 e. The summed E-state index contributed by atoms with van der Waals surface area (Å²) in [5.74, 6) is 0.434. The van der Waals surface area contributed by atoms with Crippen LogP contribution in [0.3, 0.4) is 0 Å². The van der Waals surface area contributed by atoms with Gasteiger partial charge in [-0.25, -0.2) is 18.7 Å². The first-order valence-electron chi connectivity index (χ1n) is 26.6. The average Bonchev–Trinajstić information content (AvgIpc) is 4.39. The summed E-state index contributed by atoms with van der Waals surface area (Å²) < 4.78 is 74.0. The van der Waals surface area contributed by atoms with Gasteiger partial charge in [-0.05, 0) is 127 Å². The van der Waals surface area contributed by atoms with Gasteiger partial charge in [-0.15, -0.1) is 0 Å². The van der Waals surface area contributed by atoms with Crippen molar-refractivity contribution in [3.63, 3.8) is 0 Å². The summed E-state index contributed by atoms with van der Waals surface area (Å²) >= 11 is 5.88. The van der Waals surface area contributed by atoms with Crippen LogP contribution < -0.4 is 25.6 Å². The van der Waals surface area contributed by atoms with Gasteiger partial charge in [-0.3, -0.25) is 9.59 Å². The average molecular weight is 1130 g/mol. The van der Waals surface area contributed by atoms with Gasteiger partial charge < -0.3 is 47.7 Å². The molecule has 2 N–H and O–H groups in total. The number of pyridine rings is 2. The highest BCUT2D eigenvalue weighted by molar-refractivity contribution is 6.62. The highest BCUT2D eigenvalue weighted by Gasteiger charge is 2.51. The first-order chi connectivity index (χ1) is 39.3. The molecular formula is C62H60BClF2N6O10. The van der Waals surface area contributed by atoms with Crippen molar-refractivity contribution >= 4 is 69.3 Å². The van der Waals surface area contributed by atoms with Gasteiger partial charge >= 0.3 is 7.12 Å². The van der Waals surface area contributed by atoms with Gasteiger partial charge in [-0.2, -0.15) is 10.5 Å². The van der Waals surface area contributed by atoms with Gasteiger partial charge in [-0.1, -0.05) is 35.9 Å². The van der Waals surface area contributed by atoms with Crippen molar-refractivity contribution in [1.29, 1.82) is 10.5 Å². The summed E-state index contributed by atoms with van der Waals surface area (Å²) in [4.78, 5) is 31.3. The number of nitrogens with one attached hydrogen (secondary N) is 2. The molecule has 11 rings (SSSR count). The summed E-state index contributed by atoms with van der Waals surface area (Å²) in [6.45, 7) is 14.0. The number of fused-ring (bicyclic) bond motifs is 2. The Labute approximate surface area is 478 Å². The van der Waals surface area contributed by atoms with E-state index < -0.39 is 18.8 Å². The topological polar surface area (TPSA) is 213 Å². The van der Waals surface area contributed by atoms with Gasteiger partial charge in [0.05, 0.1) is 77.0 Å². The maximum absolute atomic E-state index is 15.1. The van der Waals surface area contributed by atoms with E-state index in [1.807, 2.05) is 45.9 Å². The Morgan fingerprint density at radius 1 is 0.646 bits per heavy atom. The first kappa shape index (κ1) is 58.5. The quantitative estimate of drug-likeness (QED) is 0.0860. The summed E-state index contributed by atoms with van der Waals surface area (Å²) in [5, 5.41) is 26.1. The van der Waals surface area contributed by atoms with Crippen LogP contribution in [0.25, 0.3) is 56.0 Å². The molecule has 3 fully saturated rings. The number of halogens is 3. The number of aromatic nitrogens is 2. The van der Waals surface area contributed by atoms with Crippen LogP contribution in [-0.2, 0) is 18.8 Å². The number of methoxy groups -OCH3 is 2. The Bertz CT molecular complexity index is 3770. The number of anilines is 2. The van der Waals surface area contributed by atoms with Crippen molar-refractivity contribution in [3.8, 4) is 57.4 Å². The number of ether oxygens (including phenoxy) is 4. The smallest absolute Gasteiger partial charge is 0.494 e. The van der Waals surface area contributed by atoms with Gasteiger partial charge in [0.15, 0.2) is 34.4 Å². The molecule has 0 unspecified atom stereocenters. The number of benzene rings is 4. The molecule has 7 heterocycles. The van der Waals surface area contributed by atoms with Crippen LogP contribution >= 0.6 is 11.6 Å². The standard InChI is InChI=1S/C28H24FN3O4.C18H25BN2O3.C16H11ClFNO3/c1-16(33)17-3-5-21(25(12-17)34-2)26-13-24-28(36-26)27(22(29)15-31-24)18-4-6-23(19(11-18)14-30)32-20-7-9-35-10-8-20;1-17(2)18(3,4)24-19(23-17)14-5-6-16(13(11-14)12-20)21-15-7-9-22-10-8-15;1-8(20)9-3-4-10(13(5-9)21-2)14-6-12-16(22-14)15(17)11(18)7-19-12/h3-6,11-13,15,20,32H,7-10H2,1-2H3;5-6,11,15,21H,7-10H2,1-4H3;3-7H,1-2H3. The predicted molar refractivity (Wildman–Crippen MR) is 309 cm³/mol. The number of hydrogen-bond acceptors (Lipinski definition) is 16. The molecule has 82 heavy (non-hydrogen) atoms. The fraction of sp³-hybridized carbons (Fsp3) is 0.323. The van der Waals surface area contributed by atoms with Crippen LogP contribution in [0.2, 0.25) is 5.02 Å². The molecular weight excluding hydrogens is 1070 g/mol. The lowest BCUT2D eigenvalue weighted by Gasteiger charge is -2.32. The van der Waals surface area contributed by atoms with Gasteiger partial charge in [0.1, 0.15) is 51.2 Å². The highest BCUT2D eigenvalue weighted by Crippen LogP contribution is 2.41. The van der Waals surface area contributed by atoms with Crippen molar-refractivity contribution in [1.82, 2.24) is 9.97 Å². The van der Waals surface area contributed by atoms with E-state index in [2.05, 4.69) is 32.7 Å². The minimum Gasteiger partial charge on any atom is -0.496 e. The van der Waals surface area contributed by atoms with E-state index in [-0.39, 0.29) is 50.6 Å². The molecule has 0 saturated carbocycles. The first-order valence-corrected chi connectivity index (χ1v) is 27.0. The molecule has 8 aromatic rings. The molecule has 20 heteroatoms. The van der Waals surface area contributed by atoms with Crippen LogP contribution in [0.4, 0.5) is 20.2 Å². The van der Waals surface area contributed by atoms with Crippen LogP contribution in [0.15, 0.2) is 106 Å². The van der Waals surface area contributed by atoms with Crippen LogP contribution in [0, 0.1) is 34.3 Å². The SMILES string of the molecule is CC1(C)OB(c2ccc(NC3CCOCC3)c(C#N)c2)OC1(C)C.COc1cc(C(C)=O)ccc1-c1cc2ncc(F)c(-c3ccc(NC4CCOCC4)c(C#N)c3)c2o1.COc1cc(C(C)=O)ccc1-c1cc2ncc(F)c(Cl)c2o1. The number of nitrogens with zero attached hydrogens (tertiary/aromatic N) is 4. The number of furan rings is 2. The lowest BCUT2D eigenvalue weighted by molar-refractivity contribution is 0.00578. The van der Waals surface area contributed by atoms with E-state index in [0.29, 0.717) is 97.9 Å². The summed E-state index contributed by atoms with van der Waals surface area (Å²) in [6, 6.07) is 29.5. The summed E-state index contributed by atoms with van der Waals surface area (Å²) in [5.41, 5.74) is 7.05.